The Morgan fingerprint density at radius 2 is 1.95 bits per heavy atom. The van der Waals surface area contributed by atoms with E-state index < -0.39 is 11.9 Å². The lowest BCUT2D eigenvalue weighted by Crippen LogP contribution is -2.07. The van der Waals surface area contributed by atoms with Crippen molar-refractivity contribution in [2.75, 3.05) is 0 Å². The molecule has 1 unspecified atom stereocenters. The van der Waals surface area contributed by atoms with Crippen molar-refractivity contribution in [1.82, 2.24) is 9.78 Å². The first kappa shape index (κ1) is 15.1. The summed E-state index contributed by atoms with van der Waals surface area (Å²) in [5.74, 6) is -0.587. The molecule has 2 aromatic rings. The molecule has 0 amide bonds. The number of rotatable bonds is 6. The summed E-state index contributed by atoms with van der Waals surface area (Å²) in [6.45, 7) is 6.22. The standard InChI is InChI=1S/C16H20N2O3/c1-11(2)18-9-15(8-17-18)21-10-13-4-6-14(7-5-13)12(3)16(19)20/h4-9,11-12H,10H2,1-3H3,(H,19,20). The van der Waals surface area contributed by atoms with Gasteiger partial charge in [0, 0.05) is 6.04 Å². The molecule has 0 aliphatic carbocycles. The molecule has 0 fully saturated rings. The number of hydrogen-bond donors (Lipinski definition) is 1. The minimum Gasteiger partial charge on any atom is -0.486 e. The Labute approximate surface area is 124 Å². The summed E-state index contributed by atoms with van der Waals surface area (Å²) in [7, 11) is 0. The smallest absolute Gasteiger partial charge is 0.310 e. The maximum atomic E-state index is 10.9. The molecule has 0 saturated heterocycles. The van der Waals surface area contributed by atoms with Crippen LogP contribution in [-0.4, -0.2) is 20.9 Å². The number of carboxylic acid groups (broad SMARTS) is 1. The SMILES string of the molecule is CC(C(=O)O)c1ccc(COc2cnn(C(C)C)c2)cc1. The van der Waals surface area contributed by atoms with Crippen LogP contribution < -0.4 is 4.74 Å². The predicted molar refractivity (Wildman–Crippen MR) is 79.4 cm³/mol. The van der Waals surface area contributed by atoms with Crippen molar-refractivity contribution < 1.29 is 14.6 Å². The van der Waals surface area contributed by atoms with Crippen molar-refractivity contribution >= 4 is 5.97 Å². The van der Waals surface area contributed by atoms with Crippen molar-refractivity contribution in [3.8, 4) is 5.75 Å². The van der Waals surface area contributed by atoms with Crippen LogP contribution in [0.25, 0.3) is 0 Å². The van der Waals surface area contributed by atoms with E-state index in [1.807, 2.05) is 35.1 Å². The number of carboxylic acids is 1. The van der Waals surface area contributed by atoms with Gasteiger partial charge in [-0.25, -0.2) is 0 Å². The first-order chi connectivity index (χ1) is 9.97. The van der Waals surface area contributed by atoms with Crippen molar-refractivity contribution in [2.45, 2.75) is 39.3 Å². The van der Waals surface area contributed by atoms with E-state index in [1.54, 1.807) is 13.1 Å². The van der Waals surface area contributed by atoms with Crippen LogP contribution in [0.5, 0.6) is 5.75 Å². The number of aliphatic carboxylic acids is 1. The van der Waals surface area contributed by atoms with Gasteiger partial charge in [0.25, 0.3) is 0 Å². The first-order valence-corrected chi connectivity index (χ1v) is 6.96. The van der Waals surface area contributed by atoms with Crippen molar-refractivity contribution in [3.05, 3.63) is 47.8 Å². The molecule has 1 atom stereocenters. The molecule has 2 rings (SSSR count). The molecule has 1 heterocycles. The number of aromatic nitrogens is 2. The molecule has 21 heavy (non-hydrogen) atoms. The van der Waals surface area contributed by atoms with Crippen LogP contribution in [0.15, 0.2) is 36.7 Å². The lowest BCUT2D eigenvalue weighted by molar-refractivity contribution is -0.138. The number of carbonyl (C=O) groups is 1. The lowest BCUT2D eigenvalue weighted by atomic mass is 10.0. The summed E-state index contributed by atoms with van der Waals surface area (Å²) >= 11 is 0. The van der Waals surface area contributed by atoms with Gasteiger partial charge in [-0.05, 0) is 31.9 Å². The van der Waals surface area contributed by atoms with Gasteiger partial charge in [-0.1, -0.05) is 24.3 Å². The second-order valence-corrected chi connectivity index (χ2v) is 5.34. The normalized spacial score (nSPS) is 12.4. The van der Waals surface area contributed by atoms with Crippen LogP contribution in [0.4, 0.5) is 0 Å². The summed E-state index contributed by atoms with van der Waals surface area (Å²) in [6.07, 6.45) is 3.56. The third-order valence-corrected chi connectivity index (χ3v) is 3.36. The average Bonchev–Trinajstić information content (AvgIpc) is 2.94. The summed E-state index contributed by atoms with van der Waals surface area (Å²) < 4.78 is 7.51. The number of benzene rings is 1. The van der Waals surface area contributed by atoms with Gasteiger partial charge in [-0.15, -0.1) is 0 Å². The van der Waals surface area contributed by atoms with E-state index in [1.165, 1.54) is 0 Å². The number of nitrogens with zero attached hydrogens (tertiary/aromatic N) is 2. The van der Waals surface area contributed by atoms with E-state index in [-0.39, 0.29) is 0 Å². The van der Waals surface area contributed by atoms with Gasteiger partial charge in [0.2, 0.25) is 0 Å². The van der Waals surface area contributed by atoms with Crippen molar-refractivity contribution in [3.63, 3.8) is 0 Å². The molecule has 1 N–H and O–H groups in total. The maximum Gasteiger partial charge on any atom is 0.310 e. The molecule has 1 aromatic carbocycles. The van der Waals surface area contributed by atoms with Crippen molar-refractivity contribution in [2.24, 2.45) is 0 Å². The Morgan fingerprint density at radius 1 is 1.29 bits per heavy atom. The van der Waals surface area contributed by atoms with E-state index in [0.717, 1.165) is 16.9 Å². The molecule has 0 bridgehead atoms. The van der Waals surface area contributed by atoms with Gasteiger partial charge in [0.1, 0.15) is 6.61 Å². The van der Waals surface area contributed by atoms with Gasteiger partial charge >= 0.3 is 5.97 Å². The van der Waals surface area contributed by atoms with Gasteiger partial charge in [-0.2, -0.15) is 5.10 Å². The van der Waals surface area contributed by atoms with E-state index in [2.05, 4.69) is 18.9 Å². The second kappa shape index (κ2) is 6.43. The quantitative estimate of drug-likeness (QED) is 0.886. The van der Waals surface area contributed by atoms with E-state index in [4.69, 9.17) is 9.84 Å². The topological polar surface area (TPSA) is 64.3 Å². The maximum absolute atomic E-state index is 10.9. The molecular weight excluding hydrogens is 268 g/mol. The summed E-state index contributed by atoms with van der Waals surface area (Å²) in [6, 6.07) is 7.74. The highest BCUT2D eigenvalue weighted by molar-refractivity contribution is 5.75. The van der Waals surface area contributed by atoms with Gasteiger partial charge in [-0.3, -0.25) is 9.48 Å². The molecule has 112 valence electrons. The Morgan fingerprint density at radius 3 is 2.48 bits per heavy atom. The van der Waals surface area contributed by atoms with Crippen LogP contribution in [0, 0.1) is 0 Å². The Hall–Kier alpha value is -2.30. The fraction of sp³-hybridized carbons (Fsp3) is 0.375. The van der Waals surface area contributed by atoms with E-state index >= 15 is 0 Å². The largest absolute Gasteiger partial charge is 0.486 e. The second-order valence-electron chi connectivity index (χ2n) is 5.34. The average molecular weight is 288 g/mol. The third kappa shape index (κ3) is 3.84. The van der Waals surface area contributed by atoms with Gasteiger partial charge in [0.15, 0.2) is 5.75 Å². The zero-order valence-electron chi connectivity index (χ0n) is 12.5. The summed E-state index contributed by atoms with van der Waals surface area (Å²) in [4.78, 5) is 10.9. The molecule has 0 aliphatic heterocycles. The fourth-order valence-corrected chi connectivity index (χ4v) is 1.89. The third-order valence-electron chi connectivity index (χ3n) is 3.36. The van der Waals surface area contributed by atoms with Crippen LogP contribution in [-0.2, 0) is 11.4 Å². The van der Waals surface area contributed by atoms with Crippen molar-refractivity contribution in [1.29, 1.82) is 0 Å². The van der Waals surface area contributed by atoms with Crippen LogP contribution in [0.1, 0.15) is 43.9 Å². The van der Waals surface area contributed by atoms with E-state index in [0.29, 0.717) is 12.6 Å². The molecule has 5 nitrogen and oxygen atoms in total. The van der Waals surface area contributed by atoms with Crippen LogP contribution >= 0.6 is 0 Å². The van der Waals surface area contributed by atoms with Gasteiger partial charge in [0.05, 0.1) is 18.3 Å². The zero-order chi connectivity index (χ0) is 15.4. The molecule has 5 heteroatoms. The minimum absolute atomic E-state index is 0.305. The highest BCUT2D eigenvalue weighted by Gasteiger charge is 2.13. The summed E-state index contributed by atoms with van der Waals surface area (Å²) in [5.41, 5.74) is 1.78. The molecule has 0 spiro atoms. The Kier molecular flexibility index (Phi) is 4.62. The Balaban J connectivity index is 1.95. The monoisotopic (exact) mass is 288 g/mol. The predicted octanol–water partition coefficient (Wildman–Crippen LogP) is 3.23. The molecule has 0 radical (unpaired) electrons. The number of ether oxygens (including phenoxy) is 1. The zero-order valence-corrected chi connectivity index (χ0v) is 12.5. The van der Waals surface area contributed by atoms with Crippen LogP contribution in [0.3, 0.4) is 0 Å². The minimum atomic E-state index is -0.819. The molecule has 1 aromatic heterocycles. The molecule has 0 saturated carbocycles. The lowest BCUT2D eigenvalue weighted by Gasteiger charge is -2.08. The highest BCUT2D eigenvalue weighted by atomic mass is 16.5. The van der Waals surface area contributed by atoms with Crippen LogP contribution in [0.2, 0.25) is 0 Å². The van der Waals surface area contributed by atoms with E-state index in [9.17, 15) is 4.79 Å². The first-order valence-electron chi connectivity index (χ1n) is 6.96. The van der Waals surface area contributed by atoms with Gasteiger partial charge < -0.3 is 9.84 Å². The fourth-order valence-electron chi connectivity index (χ4n) is 1.89. The highest BCUT2D eigenvalue weighted by Crippen LogP contribution is 2.18. The summed E-state index contributed by atoms with van der Waals surface area (Å²) in [5, 5.41) is 13.2. The molecule has 0 aliphatic rings. The number of hydrogen-bond acceptors (Lipinski definition) is 3. The molecular formula is C16H20N2O3. The Bertz CT molecular complexity index is 602.